The third-order valence-corrected chi connectivity index (χ3v) is 2.38. The summed E-state index contributed by atoms with van der Waals surface area (Å²) in [6.07, 6.45) is 0. The molecule has 0 aliphatic carbocycles. The Morgan fingerprint density at radius 2 is 2.25 bits per heavy atom. The zero-order valence-corrected chi connectivity index (χ0v) is 7.65. The maximum absolute atomic E-state index is 5.91. The second kappa shape index (κ2) is 3.13. The summed E-state index contributed by atoms with van der Waals surface area (Å²) >= 11 is 11.6. The Bertz CT molecular complexity index is 311. The normalized spacial score (nSPS) is 14.2. The quantitative estimate of drug-likeness (QED) is 0.518. The average Bonchev–Trinajstić information content (AvgIpc) is 2.49. The van der Waals surface area contributed by atoms with Gasteiger partial charge in [-0.3, -0.25) is 0 Å². The van der Waals surface area contributed by atoms with Crippen LogP contribution in [0.5, 0.6) is 5.75 Å². The van der Waals surface area contributed by atoms with E-state index in [1.54, 1.807) is 6.07 Å². The van der Waals surface area contributed by atoms with E-state index in [0.29, 0.717) is 17.5 Å². The lowest BCUT2D eigenvalue weighted by Gasteiger charge is -2.01. The highest BCUT2D eigenvalue weighted by Gasteiger charge is 2.16. The van der Waals surface area contributed by atoms with Crippen LogP contribution in [-0.2, 0) is 17.4 Å². The van der Waals surface area contributed by atoms with E-state index >= 15 is 0 Å². The second-order valence-electron chi connectivity index (χ2n) is 2.53. The molecular weight excluding hydrogens is 199 g/mol. The topological polar surface area (TPSA) is 18.5 Å². The molecule has 0 radical (unpaired) electrons. The van der Waals surface area contributed by atoms with Gasteiger partial charge in [0.05, 0.1) is 0 Å². The van der Waals surface area contributed by atoms with Crippen molar-refractivity contribution in [3.05, 3.63) is 28.3 Å². The van der Waals surface area contributed by atoms with Crippen molar-refractivity contribution in [2.45, 2.75) is 12.5 Å². The molecule has 2 rings (SSSR count). The number of benzene rings is 1. The van der Waals surface area contributed by atoms with Crippen LogP contribution in [0.3, 0.4) is 0 Å². The Labute approximate surface area is 79.9 Å². The number of alkyl halides is 1. The molecule has 1 aliphatic rings. The van der Waals surface area contributed by atoms with Crippen LogP contribution in [0.25, 0.3) is 0 Å². The lowest BCUT2D eigenvalue weighted by molar-refractivity contribution is -0.194. The number of rotatable bonds is 1. The fraction of sp³-hybridized carbons (Fsp3) is 0.250. The predicted molar refractivity (Wildman–Crippen MR) is 46.4 cm³/mol. The summed E-state index contributed by atoms with van der Waals surface area (Å²) < 4.78 is 0. The third kappa shape index (κ3) is 1.26. The molecule has 0 atom stereocenters. The number of halogens is 2. The highest BCUT2D eigenvalue weighted by Crippen LogP contribution is 2.32. The first kappa shape index (κ1) is 8.17. The summed E-state index contributed by atoms with van der Waals surface area (Å²) in [7, 11) is 0. The highest BCUT2D eigenvalue weighted by atomic mass is 35.5. The van der Waals surface area contributed by atoms with Crippen molar-refractivity contribution in [1.29, 1.82) is 0 Å². The van der Waals surface area contributed by atoms with Crippen LogP contribution in [0, 0.1) is 0 Å². The first-order valence-electron chi connectivity index (χ1n) is 3.48. The molecule has 0 bridgehead atoms. The van der Waals surface area contributed by atoms with Crippen molar-refractivity contribution >= 4 is 23.2 Å². The first-order chi connectivity index (χ1) is 5.81. The number of hydrogen-bond acceptors (Lipinski definition) is 2. The fourth-order valence-electron chi connectivity index (χ4n) is 1.09. The Kier molecular flexibility index (Phi) is 2.13. The number of fused-ring (bicyclic) bond motifs is 1. The molecule has 0 spiro atoms. The van der Waals surface area contributed by atoms with Crippen molar-refractivity contribution in [2.75, 3.05) is 0 Å². The minimum Gasteiger partial charge on any atom is -0.337 e. The van der Waals surface area contributed by atoms with Crippen molar-refractivity contribution in [3.8, 4) is 5.75 Å². The average molecular weight is 205 g/mol. The smallest absolute Gasteiger partial charge is 0.171 e. The SMILES string of the molecule is ClCc1cc2c(cc1Cl)COO2. The Balaban J connectivity index is 2.49. The summed E-state index contributed by atoms with van der Waals surface area (Å²) in [5, 5.41) is 0.665. The van der Waals surface area contributed by atoms with Crippen LogP contribution in [0.4, 0.5) is 0 Å². The molecular formula is C8H6Cl2O2. The Morgan fingerprint density at radius 1 is 1.42 bits per heavy atom. The largest absolute Gasteiger partial charge is 0.337 e. The molecule has 12 heavy (non-hydrogen) atoms. The van der Waals surface area contributed by atoms with Crippen LogP contribution < -0.4 is 4.89 Å². The van der Waals surface area contributed by atoms with Gasteiger partial charge in [-0.1, -0.05) is 11.6 Å². The molecule has 1 heterocycles. The zero-order valence-electron chi connectivity index (χ0n) is 6.14. The molecule has 2 nitrogen and oxygen atoms in total. The fourth-order valence-corrected chi connectivity index (χ4v) is 1.63. The van der Waals surface area contributed by atoms with Gasteiger partial charge in [0.1, 0.15) is 6.61 Å². The molecule has 0 amide bonds. The van der Waals surface area contributed by atoms with E-state index in [4.69, 9.17) is 33.0 Å². The van der Waals surface area contributed by atoms with Gasteiger partial charge < -0.3 is 4.89 Å². The maximum Gasteiger partial charge on any atom is 0.171 e. The highest BCUT2D eigenvalue weighted by molar-refractivity contribution is 6.32. The van der Waals surface area contributed by atoms with Crippen molar-refractivity contribution < 1.29 is 9.78 Å². The van der Waals surface area contributed by atoms with Crippen molar-refractivity contribution in [1.82, 2.24) is 0 Å². The molecule has 1 aromatic rings. The van der Waals surface area contributed by atoms with Gasteiger partial charge in [0, 0.05) is 16.5 Å². The van der Waals surface area contributed by atoms with Crippen molar-refractivity contribution in [3.63, 3.8) is 0 Å². The molecule has 0 saturated carbocycles. The van der Waals surface area contributed by atoms with Crippen LogP contribution in [0.2, 0.25) is 5.02 Å². The molecule has 0 fully saturated rings. The summed E-state index contributed by atoms with van der Waals surface area (Å²) in [6, 6.07) is 3.62. The standard InChI is InChI=1S/C8H6Cl2O2/c9-3-5-2-8-6(1-7(5)10)4-11-12-8/h1-2H,3-4H2. The maximum atomic E-state index is 5.91. The van der Waals surface area contributed by atoms with Gasteiger partial charge in [0.2, 0.25) is 0 Å². The summed E-state index contributed by atoms with van der Waals surface area (Å²) in [5.74, 6) is 1.10. The van der Waals surface area contributed by atoms with Gasteiger partial charge in [0.25, 0.3) is 0 Å². The molecule has 4 heteroatoms. The molecule has 0 N–H and O–H groups in total. The summed E-state index contributed by atoms with van der Waals surface area (Å²) in [5.41, 5.74) is 1.83. The van der Waals surface area contributed by atoms with Gasteiger partial charge in [-0.25, -0.2) is 0 Å². The van der Waals surface area contributed by atoms with Gasteiger partial charge in [-0.05, 0) is 17.7 Å². The molecule has 1 aliphatic heterocycles. The molecule has 1 aromatic carbocycles. The van der Waals surface area contributed by atoms with Crippen LogP contribution in [0.1, 0.15) is 11.1 Å². The Morgan fingerprint density at radius 3 is 3.00 bits per heavy atom. The van der Waals surface area contributed by atoms with Gasteiger partial charge in [-0.15, -0.1) is 11.6 Å². The van der Waals surface area contributed by atoms with Crippen LogP contribution >= 0.6 is 23.2 Å². The lowest BCUT2D eigenvalue weighted by Crippen LogP contribution is -1.84. The summed E-state index contributed by atoms with van der Waals surface area (Å²) in [4.78, 5) is 9.65. The van der Waals surface area contributed by atoms with E-state index in [1.165, 1.54) is 0 Å². The minimum absolute atomic E-state index is 0.384. The minimum atomic E-state index is 0.384. The monoisotopic (exact) mass is 204 g/mol. The van der Waals surface area contributed by atoms with Crippen molar-refractivity contribution in [2.24, 2.45) is 0 Å². The van der Waals surface area contributed by atoms with Gasteiger partial charge in [-0.2, -0.15) is 4.89 Å². The first-order valence-corrected chi connectivity index (χ1v) is 4.39. The lowest BCUT2D eigenvalue weighted by atomic mass is 10.1. The van der Waals surface area contributed by atoms with E-state index in [-0.39, 0.29) is 0 Å². The van der Waals surface area contributed by atoms with E-state index < -0.39 is 0 Å². The van der Waals surface area contributed by atoms with E-state index in [1.807, 2.05) is 6.07 Å². The summed E-state index contributed by atoms with van der Waals surface area (Å²) in [6.45, 7) is 0.456. The third-order valence-electron chi connectivity index (χ3n) is 1.74. The molecule has 64 valence electrons. The van der Waals surface area contributed by atoms with Crippen LogP contribution in [0.15, 0.2) is 12.1 Å². The van der Waals surface area contributed by atoms with Crippen LogP contribution in [-0.4, -0.2) is 0 Å². The zero-order chi connectivity index (χ0) is 8.55. The predicted octanol–water partition coefficient (Wildman–Crippen LogP) is 2.90. The molecule has 0 unspecified atom stereocenters. The molecule has 0 aromatic heterocycles. The van der Waals surface area contributed by atoms with E-state index in [0.717, 1.165) is 16.9 Å². The number of hydrogen-bond donors (Lipinski definition) is 0. The van der Waals surface area contributed by atoms with Gasteiger partial charge in [0.15, 0.2) is 5.75 Å². The second-order valence-corrected chi connectivity index (χ2v) is 3.20. The van der Waals surface area contributed by atoms with E-state index in [9.17, 15) is 0 Å². The van der Waals surface area contributed by atoms with E-state index in [2.05, 4.69) is 0 Å². The Hall–Kier alpha value is -0.440. The van der Waals surface area contributed by atoms with Gasteiger partial charge >= 0.3 is 0 Å². The molecule has 0 saturated heterocycles.